The summed E-state index contributed by atoms with van der Waals surface area (Å²) in [6, 6.07) is 9.39. The number of carbonyl (C=O) groups is 2. The molecule has 0 bridgehead atoms. The Bertz CT molecular complexity index is 608. The van der Waals surface area contributed by atoms with Crippen LogP contribution in [0.15, 0.2) is 30.3 Å². The van der Waals surface area contributed by atoms with Gasteiger partial charge in [-0.15, -0.1) is 0 Å². The molecule has 1 aromatic carbocycles. The Morgan fingerprint density at radius 1 is 1.16 bits per heavy atom. The van der Waals surface area contributed by atoms with Gasteiger partial charge in [0.05, 0.1) is 31.8 Å². The Hall–Kier alpha value is -2.35. The minimum Gasteiger partial charge on any atom is -0.465 e. The highest BCUT2D eigenvalue weighted by Gasteiger charge is 2.38. The lowest BCUT2D eigenvalue weighted by Gasteiger charge is -2.42. The molecule has 0 radical (unpaired) electrons. The minimum absolute atomic E-state index is 0.171. The van der Waals surface area contributed by atoms with Gasteiger partial charge in [-0.05, 0) is 12.0 Å². The number of rotatable bonds is 4. The predicted octanol–water partition coefficient (Wildman–Crippen LogP) is 2.11. The Labute approximate surface area is 144 Å². The second kappa shape index (κ2) is 7.69. The number of ether oxygens (including phenoxy) is 2. The number of hydrogen-bond acceptors (Lipinski definition) is 4. The number of benzene rings is 1. The summed E-state index contributed by atoms with van der Waals surface area (Å²) in [5.41, 5.74) is 0.912. The molecule has 8 heteroatoms. The summed E-state index contributed by atoms with van der Waals surface area (Å²) in [6.07, 6.45) is -3.41. The SMILES string of the molecule is O=C(O)N1CC[C@@H](OC2CN(C(=O)OCc3ccccc3)C2)[C@@H](F)C1. The summed E-state index contributed by atoms with van der Waals surface area (Å²) in [5.74, 6) is 0. The van der Waals surface area contributed by atoms with Crippen LogP contribution in [0.4, 0.5) is 14.0 Å². The van der Waals surface area contributed by atoms with Crippen molar-refractivity contribution in [3.05, 3.63) is 35.9 Å². The molecule has 0 unspecified atom stereocenters. The molecule has 2 heterocycles. The second-order valence-corrected chi connectivity index (χ2v) is 6.27. The van der Waals surface area contributed by atoms with Gasteiger partial charge in [0.2, 0.25) is 0 Å². The molecule has 1 N–H and O–H groups in total. The first-order valence-electron chi connectivity index (χ1n) is 8.26. The van der Waals surface area contributed by atoms with Crippen LogP contribution in [0.3, 0.4) is 0 Å². The molecule has 0 spiro atoms. The van der Waals surface area contributed by atoms with Crippen LogP contribution in [0.1, 0.15) is 12.0 Å². The van der Waals surface area contributed by atoms with Crippen molar-refractivity contribution in [3.63, 3.8) is 0 Å². The van der Waals surface area contributed by atoms with Gasteiger partial charge < -0.3 is 24.4 Å². The maximum absolute atomic E-state index is 14.0. The zero-order valence-corrected chi connectivity index (χ0v) is 13.7. The van der Waals surface area contributed by atoms with E-state index in [1.54, 1.807) is 0 Å². The lowest BCUT2D eigenvalue weighted by Crippen LogP contribution is -2.58. The molecule has 3 rings (SSSR count). The Morgan fingerprint density at radius 2 is 1.88 bits per heavy atom. The van der Waals surface area contributed by atoms with Crippen LogP contribution in [0, 0.1) is 0 Å². The van der Waals surface area contributed by atoms with Gasteiger partial charge in [0, 0.05) is 6.54 Å². The van der Waals surface area contributed by atoms with E-state index in [0.29, 0.717) is 19.5 Å². The van der Waals surface area contributed by atoms with Gasteiger partial charge in [-0.3, -0.25) is 0 Å². The van der Waals surface area contributed by atoms with Crippen molar-refractivity contribution in [1.29, 1.82) is 0 Å². The summed E-state index contributed by atoms with van der Waals surface area (Å²) in [5, 5.41) is 8.87. The molecular formula is C17H21FN2O5. The molecule has 0 aromatic heterocycles. The monoisotopic (exact) mass is 352 g/mol. The highest BCUT2D eigenvalue weighted by Crippen LogP contribution is 2.23. The van der Waals surface area contributed by atoms with Crippen LogP contribution in [-0.4, -0.2) is 71.7 Å². The first-order valence-corrected chi connectivity index (χ1v) is 8.26. The lowest BCUT2D eigenvalue weighted by atomic mass is 10.1. The molecule has 2 atom stereocenters. The third-order valence-corrected chi connectivity index (χ3v) is 4.43. The summed E-state index contributed by atoms with van der Waals surface area (Å²) >= 11 is 0. The third-order valence-electron chi connectivity index (χ3n) is 4.43. The van der Waals surface area contributed by atoms with E-state index in [9.17, 15) is 14.0 Å². The number of alkyl halides is 1. The summed E-state index contributed by atoms with van der Waals surface area (Å²) < 4.78 is 24.9. The fourth-order valence-corrected chi connectivity index (χ4v) is 2.94. The topological polar surface area (TPSA) is 79.3 Å². The molecule has 2 amide bonds. The number of nitrogens with zero attached hydrogens (tertiary/aromatic N) is 2. The molecule has 2 fully saturated rings. The molecule has 0 saturated carbocycles. The Balaban J connectivity index is 1.36. The Kier molecular flexibility index (Phi) is 5.37. The van der Waals surface area contributed by atoms with Crippen LogP contribution in [-0.2, 0) is 16.1 Å². The van der Waals surface area contributed by atoms with E-state index in [-0.39, 0.29) is 25.8 Å². The maximum atomic E-state index is 14.0. The van der Waals surface area contributed by atoms with Crippen LogP contribution < -0.4 is 0 Å². The van der Waals surface area contributed by atoms with E-state index in [0.717, 1.165) is 10.5 Å². The largest absolute Gasteiger partial charge is 0.465 e. The molecule has 2 aliphatic rings. The van der Waals surface area contributed by atoms with Crippen molar-refractivity contribution in [3.8, 4) is 0 Å². The smallest absolute Gasteiger partial charge is 0.410 e. The first kappa shape index (κ1) is 17.5. The zero-order chi connectivity index (χ0) is 17.8. The van der Waals surface area contributed by atoms with Crippen LogP contribution in [0.5, 0.6) is 0 Å². The molecule has 2 saturated heterocycles. The molecule has 0 aliphatic carbocycles. The Morgan fingerprint density at radius 3 is 2.52 bits per heavy atom. The third kappa shape index (κ3) is 4.39. The molecule has 2 aliphatic heterocycles. The van der Waals surface area contributed by atoms with Crippen molar-refractivity contribution in [2.45, 2.75) is 31.4 Å². The quantitative estimate of drug-likeness (QED) is 0.898. The van der Waals surface area contributed by atoms with Crippen molar-refractivity contribution >= 4 is 12.2 Å². The fourth-order valence-electron chi connectivity index (χ4n) is 2.94. The average Bonchev–Trinajstić information content (AvgIpc) is 2.57. The van der Waals surface area contributed by atoms with Crippen LogP contribution in [0.25, 0.3) is 0 Å². The number of hydrogen-bond donors (Lipinski definition) is 1. The van der Waals surface area contributed by atoms with Gasteiger partial charge in [0.1, 0.15) is 12.8 Å². The minimum atomic E-state index is -1.34. The lowest BCUT2D eigenvalue weighted by molar-refractivity contribution is -0.123. The second-order valence-electron chi connectivity index (χ2n) is 6.27. The van der Waals surface area contributed by atoms with Crippen LogP contribution in [0.2, 0.25) is 0 Å². The molecule has 1 aromatic rings. The van der Waals surface area contributed by atoms with Gasteiger partial charge >= 0.3 is 12.2 Å². The summed E-state index contributed by atoms with van der Waals surface area (Å²) in [7, 11) is 0. The first-order chi connectivity index (χ1) is 12.0. The van der Waals surface area contributed by atoms with E-state index < -0.39 is 24.5 Å². The maximum Gasteiger partial charge on any atom is 0.410 e. The van der Waals surface area contributed by atoms with Crippen molar-refractivity contribution in [1.82, 2.24) is 9.80 Å². The van der Waals surface area contributed by atoms with Crippen molar-refractivity contribution in [2.75, 3.05) is 26.2 Å². The van der Waals surface area contributed by atoms with Gasteiger partial charge in [-0.2, -0.15) is 0 Å². The number of carboxylic acid groups (broad SMARTS) is 1. The van der Waals surface area contributed by atoms with Crippen molar-refractivity contribution < 1.29 is 28.6 Å². The van der Waals surface area contributed by atoms with Crippen molar-refractivity contribution in [2.24, 2.45) is 0 Å². The highest BCUT2D eigenvalue weighted by molar-refractivity contribution is 5.68. The van der Waals surface area contributed by atoms with E-state index in [4.69, 9.17) is 14.6 Å². The summed E-state index contributed by atoms with van der Waals surface area (Å²) in [6.45, 7) is 1.02. The van der Waals surface area contributed by atoms with E-state index in [1.807, 2.05) is 30.3 Å². The van der Waals surface area contributed by atoms with Gasteiger partial charge in [0.15, 0.2) is 0 Å². The number of halogens is 1. The van der Waals surface area contributed by atoms with Gasteiger partial charge in [-0.1, -0.05) is 30.3 Å². The number of piperidine rings is 1. The summed E-state index contributed by atoms with van der Waals surface area (Å²) in [4.78, 5) is 25.3. The van der Waals surface area contributed by atoms with Crippen LogP contribution >= 0.6 is 0 Å². The number of amides is 2. The molecular weight excluding hydrogens is 331 g/mol. The molecule has 25 heavy (non-hydrogen) atoms. The van der Waals surface area contributed by atoms with E-state index in [2.05, 4.69) is 0 Å². The molecule has 136 valence electrons. The zero-order valence-electron chi connectivity index (χ0n) is 13.7. The number of likely N-dealkylation sites (tertiary alicyclic amines) is 2. The molecule has 7 nitrogen and oxygen atoms in total. The number of carbonyl (C=O) groups excluding carboxylic acids is 1. The highest BCUT2D eigenvalue weighted by atomic mass is 19.1. The normalized spacial score (nSPS) is 23.9. The van der Waals surface area contributed by atoms with Gasteiger partial charge in [0.25, 0.3) is 0 Å². The van der Waals surface area contributed by atoms with E-state index >= 15 is 0 Å². The predicted molar refractivity (Wildman–Crippen MR) is 86.0 cm³/mol. The van der Waals surface area contributed by atoms with E-state index in [1.165, 1.54) is 4.90 Å². The standard InChI is InChI=1S/C17H21FN2O5/c18-14-10-19(16(21)22)7-6-15(14)25-13-8-20(9-13)17(23)24-11-12-4-2-1-3-5-12/h1-5,13-15H,6-11H2,(H,21,22)/t14-,15+/m0/s1. The van der Waals surface area contributed by atoms with Gasteiger partial charge in [-0.25, -0.2) is 14.0 Å². The average molecular weight is 352 g/mol. The fraction of sp³-hybridized carbons (Fsp3) is 0.529.